The molecule has 0 radical (unpaired) electrons. The van der Waals surface area contributed by atoms with Crippen LogP contribution in [-0.2, 0) is 10.8 Å². The summed E-state index contributed by atoms with van der Waals surface area (Å²) in [7, 11) is -0.964. The standard InChI is InChI=1S/C19H17FOS.C2H6/c1-12-13(2)19-11-15(20)6-9-17(19)18(12)10-14-4-7-16(8-5-14)22(3)21;1-2/h4-11H,1-3H3;1-2H3/b18-10-;. The van der Waals surface area contributed by atoms with E-state index >= 15 is 0 Å². The van der Waals surface area contributed by atoms with E-state index in [-0.39, 0.29) is 5.82 Å². The first-order valence-electron chi connectivity index (χ1n) is 8.10. The maximum atomic E-state index is 13.5. The highest BCUT2D eigenvalue weighted by Crippen LogP contribution is 2.41. The molecule has 1 atom stereocenters. The third-order valence-electron chi connectivity index (χ3n) is 4.17. The quantitative estimate of drug-likeness (QED) is 0.660. The van der Waals surface area contributed by atoms with Gasteiger partial charge < -0.3 is 0 Å². The number of rotatable bonds is 2. The minimum Gasteiger partial charge on any atom is -0.255 e. The normalized spacial score (nSPS) is 15.8. The Morgan fingerprint density at radius 3 is 2.12 bits per heavy atom. The Morgan fingerprint density at radius 2 is 1.54 bits per heavy atom. The first kappa shape index (κ1) is 18.3. The molecule has 3 rings (SSSR count). The Kier molecular flexibility index (Phi) is 5.89. The fourth-order valence-corrected chi connectivity index (χ4v) is 3.30. The van der Waals surface area contributed by atoms with Gasteiger partial charge in [-0.15, -0.1) is 0 Å². The summed E-state index contributed by atoms with van der Waals surface area (Å²) < 4.78 is 24.9. The zero-order valence-electron chi connectivity index (χ0n) is 14.8. The highest BCUT2D eigenvalue weighted by molar-refractivity contribution is 7.84. The smallest absolute Gasteiger partial charge is 0.123 e. The summed E-state index contributed by atoms with van der Waals surface area (Å²) in [6, 6.07) is 12.6. The van der Waals surface area contributed by atoms with Gasteiger partial charge in [-0.3, -0.25) is 4.21 Å². The van der Waals surface area contributed by atoms with E-state index in [9.17, 15) is 8.60 Å². The van der Waals surface area contributed by atoms with Crippen molar-refractivity contribution in [1.82, 2.24) is 0 Å². The lowest BCUT2D eigenvalue weighted by atomic mass is 10.0. The maximum Gasteiger partial charge on any atom is 0.123 e. The Hall–Kier alpha value is -2.00. The van der Waals surface area contributed by atoms with Gasteiger partial charge in [0.2, 0.25) is 0 Å². The predicted octanol–water partition coefficient (Wildman–Crippen LogP) is 5.94. The summed E-state index contributed by atoms with van der Waals surface area (Å²) >= 11 is 0. The molecule has 24 heavy (non-hydrogen) atoms. The van der Waals surface area contributed by atoms with Gasteiger partial charge in [0.15, 0.2) is 0 Å². The van der Waals surface area contributed by atoms with E-state index in [0.29, 0.717) is 0 Å². The molecule has 126 valence electrons. The number of fused-ring (bicyclic) bond motifs is 1. The molecule has 0 spiro atoms. The van der Waals surface area contributed by atoms with Gasteiger partial charge >= 0.3 is 0 Å². The zero-order valence-corrected chi connectivity index (χ0v) is 15.6. The third-order valence-corrected chi connectivity index (χ3v) is 5.10. The van der Waals surface area contributed by atoms with Crippen LogP contribution >= 0.6 is 0 Å². The highest BCUT2D eigenvalue weighted by Gasteiger charge is 2.21. The molecule has 0 bridgehead atoms. The van der Waals surface area contributed by atoms with E-state index in [1.807, 2.05) is 51.1 Å². The summed E-state index contributed by atoms with van der Waals surface area (Å²) in [4.78, 5) is 0.819. The monoisotopic (exact) mass is 342 g/mol. The van der Waals surface area contributed by atoms with Crippen molar-refractivity contribution in [2.75, 3.05) is 6.26 Å². The fraction of sp³-hybridized carbons (Fsp3) is 0.238. The number of hydrogen-bond acceptors (Lipinski definition) is 1. The average molecular weight is 342 g/mol. The largest absolute Gasteiger partial charge is 0.255 e. The van der Waals surface area contributed by atoms with Crippen molar-refractivity contribution >= 4 is 28.0 Å². The molecule has 1 aliphatic carbocycles. The molecule has 0 saturated carbocycles. The highest BCUT2D eigenvalue weighted by atomic mass is 32.2. The molecule has 1 nitrogen and oxygen atoms in total. The van der Waals surface area contributed by atoms with E-state index in [2.05, 4.69) is 13.0 Å². The lowest BCUT2D eigenvalue weighted by Crippen LogP contribution is -1.88. The summed E-state index contributed by atoms with van der Waals surface area (Å²) in [5, 5.41) is 0. The Balaban J connectivity index is 0.00000100. The SMILES string of the molecule is CC.CC1=C(C)c2cc(F)ccc2/C1=C\c1ccc(S(C)=O)cc1. The van der Waals surface area contributed by atoms with Gasteiger partial charge in [-0.25, -0.2) is 4.39 Å². The van der Waals surface area contributed by atoms with Gasteiger partial charge in [-0.1, -0.05) is 32.0 Å². The third kappa shape index (κ3) is 3.57. The predicted molar refractivity (Wildman–Crippen MR) is 103 cm³/mol. The Bertz CT molecular complexity index is 829. The molecular weight excluding hydrogens is 319 g/mol. The van der Waals surface area contributed by atoms with Gasteiger partial charge in [-0.2, -0.15) is 0 Å². The van der Waals surface area contributed by atoms with Crippen LogP contribution in [0.4, 0.5) is 4.39 Å². The molecule has 0 heterocycles. The van der Waals surface area contributed by atoms with E-state index < -0.39 is 10.8 Å². The van der Waals surface area contributed by atoms with E-state index in [1.165, 1.54) is 11.6 Å². The minimum atomic E-state index is -0.964. The molecular formula is C21H23FOS. The van der Waals surface area contributed by atoms with Crippen LogP contribution in [0.15, 0.2) is 52.9 Å². The second-order valence-corrected chi connectivity index (χ2v) is 6.90. The molecule has 0 aliphatic heterocycles. The van der Waals surface area contributed by atoms with Gasteiger partial charge in [0, 0.05) is 22.0 Å². The Morgan fingerprint density at radius 1 is 0.917 bits per heavy atom. The Labute approximate surface area is 146 Å². The molecule has 0 amide bonds. The fourth-order valence-electron chi connectivity index (χ4n) is 2.78. The van der Waals surface area contributed by atoms with E-state index in [0.717, 1.165) is 32.7 Å². The van der Waals surface area contributed by atoms with Crippen molar-refractivity contribution in [3.05, 3.63) is 70.5 Å². The molecule has 0 saturated heterocycles. The summed E-state index contributed by atoms with van der Waals surface area (Å²) in [5.74, 6) is -0.207. The molecule has 0 N–H and O–H groups in total. The van der Waals surface area contributed by atoms with Crippen molar-refractivity contribution in [3.63, 3.8) is 0 Å². The zero-order chi connectivity index (χ0) is 17.9. The van der Waals surface area contributed by atoms with Gasteiger partial charge in [0.1, 0.15) is 5.82 Å². The summed E-state index contributed by atoms with van der Waals surface area (Å²) in [6.07, 6.45) is 3.77. The van der Waals surface area contributed by atoms with Crippen molar-refractivity contribution in [1.29, 1.82) is 0 Å². The first-order valence-corrected chi connectivity index (χ1v) is 9.66. The van der Waals surface area contributed by atoms with Gasteiger partial charge in [-0.05, 0) is 77.6 Å². The van der Waals surface area contributed by atoms with Crippen molar-refractivity contribution in [2.45, 2.75) is 32.6 Å². The number of halogens is 1. The van der Waals surface area contributed by atoms with Crippen LogP contribution < -0.4 is 0 Å². The van der Waals surface area contributed by atoms with E-state index in [1.54, 1.807) is 12.3 Å². The minimum absolute atomic E-state index is 0.207. The van der Waals surface area contributed by atoms with Crippen LogP contribution in [0.25, 0.3) is 17.2 Å². The first-order chi connectivity index (χ1) is 11.5. The van der Waals surface area contributed by atoms with Crippen molar-refractivity contribution < 1.29 is 8.60 Å². The molecule has 2 aromatic carbocycles. The molecule has 3 heteroatoms. The number of hydrogen-bond donors (Lipinski definition) is 0. The van der Waals surface area contributed by atoms with Crippen LogP contribution in [0.5, 0.6) is 0 Å². The topological polar surface area (TPSA) is 17.1 Å². The molecule has 1 aliphatic rings. The van der Waals surface area contributed by atoms with Crippen LogP contribution in [-0.4, -0.2) is 10.5 Å². The van der Waals surface area contributed by atoms with Crippen LogP contribution in [0.2, 0.25) is 0 Å². The van der Waals surface area contributed by atoms with E-state index in [4.69, 9.17) is 0 Å². The van der Waals surface area contributed by atoms with Crippen LogP contribution in [0, 0.1) is 5.82 Å². The molecule has 0 aromatic heterocycles. The molecule has 1 unspecified atom stereocenters. The van der Waals surface area contributed by atoms with Crippen LogP contribution in [0.1, 0.15) is 44.4 Å². The summed E-state index contributed by atoms with van der Waals surface area (Å²) in [5.41, 5.74) is 6.50. The lowest BCUT2D eigenvalue weighted by molar-refractivity contribution is 0.627. The second-order valence-electron chi connectivity index (χ2n) is 5.52. The second kappa shape index (κ2) is 7.71. The van der Waals surface area contributed by atoms with Gasteiger partial charge in [0.25, 0.3) is 0 Å². The lowest BCUT2D eigenvalue weighted by Gasteiger charge is -2.05. The van der Waals surface area contributed by atoms with Gasteiger partial charge in [0.05, 0.1) is 0 Å². The number of benzene rings is 2. The average Bonchev–Trinajstić information content (AvgIpc) is 2.82. The van der Waals surface area contributed by atoms with Crippen LogP contribution in [0.3, 0.4) is 0 Å². The van der Waals surface area contributed by atoms with Crippen molar-refractivity contribution in [2.24, 2.45) is 0 Å². The maximum absolute atomic E-state index is 13.5. The summed E-state index contributed by atoms with van der Waals surface area (Å²) in [6.45, 7) is 8.09. The molecule has 0 fully saturated rings. The molecule has 2 aromatic rings. The van der Waals surface area contributed by atoms with Crippen molar-refractivity contribution in [3.8, 4) is 0 Å². The number of allylic oxidation sites excluding steroid dienone is 3.